The molecule has 2 aliphatic rings. The van der Waals surface area contributed by atoms with Crippen molar-refractivity contribution in [2.45, 2.75) is 45.4 Å². The van der Waals surface area contributed by atoms with Crippen LogP contribution in [0, 0.1) is 0 Å². The van der Waals surface area contributed by atoms with E-state index in [-0.39, 0.29) is 22.8 Å². The van der Waals surface area contributed by atoms with Crippen LogP contribution in [0.3, 0.4) is 0 Å². The molecule has 0 saturated carbocycles. The molecule has 5 rings (SSSR count). The molecule has 12 heteroatoms. The quantitative estimate of drug-likeness (QED) is 0.300. The number of amides is 1. The molecule has 3 aromatic rings. The molecule has 1 saturated heterocycles. The molecule has 246 valence electrons. The number of piperazine rings is 1. The summed E-state index contributed by atoms with van der Waals surface area (Å²) < 4.78 is 40.7. The molecular weight excluding hydrogens is 604 g/mol. The van der Waals surface area contributed by atoms with Crippen LogP contribution in [0.25, 0.3) is 10.9 Å². The molecule has 0 radical (unpaired) electrons. The number of carbonyl (C=O) groups is 1. The van der Waals surface area contributed by atoms with Gasteiger partial charge in [-0.2, -0.15) is 0 Å². The molecule has 2 aliphatic heterocycles. The molecule has 0 spiro atoms. The summed E-state index contributed by atoms with van der Waals surface area (Å²) in [5.41, 5.74) is 2.29. The van der Waals surface area contributed by atoms with Crippen LogP contribution >= 0.6 is 0 Å². The van der Waals surface area contributed by atoms with Crippen molar-refractivity contribution in [2.24, 2.45) is 12.0 Å². The fourth-order valence-corrected chi connectivity index (χ4v) is 6.24. The second-order valence-electron chi connectivity index (χ2n) is 12.7. The number of aromatic nitrogens is 1. The first-order chi connectivity index (χ1) is 21.8. The summed E-state index contributed by atoms with van der Waals surface area (Å²) in [6.07, 6.45) is 9.59. The first-order valence-electron chi connectivity index (χ1n) is 15.5. The highest BCUT2D eigenvalue weighted by Gasteiger charge is 2.24. The van der Waals surface area contributed by atoms with Crippen molar-refractivity contribution in [1.82, 2.24) is 14.8 Å². The minimum Gasteiger partial charge on any atom is -0.492 e. The fourth-order valence-electron chi connectivity index (χ4n) is 5.69. The van der Waals surface area contributed by atoms with Crippen LogP contribution in [-0.4, -0.2) is 69.6 Å². The summed E-state index contributed by atoms with van der Waals surface area (Å²) in [5.74, 6) is 2.29. The van der Waals surface area contributed by atoms with E-state index in [4.69, 9.17) is 14.5 Å². The Hall–Kier alpha value is -4.29. The highest BCUT2D eigenvalue weighted by Crippen LogP contribution is 2.40. The van der Waals surface area contributed by atoms with Gasteiger partial charge in [0.05, 0.1) is 30.3 Å². The first-order valence-corrected chi connectivity index (χ1v) is 17.4. The molecule has 1 aromatic heterocycles. The van der Waals surface area contributed by atoms with E-state index in [0.717, 1.165) is 79.7 Å². The first kappa shape index (κ1) is 33.1. The van der Waals surface area contributed by atoms with Crippen LogP contribution in [0.2, 0.25) is 0 Å². The molecular formula is C34H44N6O5S. The topological polar surface area (TPSA) is 126 Å². The molecule has 3 N–H and O–H groups in total. The number of nitrogens with one attached hydrogen (secondary N) is 3. The summed E-state index contributed by atoms with van der Waals surface area (Å²) in [6.45, 7) is 9.82. The van der Waals surface area contributed by atoms with Gasteiger partial charge in [0.25, 0.3) is 5.91 Å². The lowest BCUT2D eigenvalue weighted by atomic mass is 9.86. The van der Waals surface area contributed by atoms with Gasteiger partial charge < -0.3 is 29.6 Å². The Morgan fingerprint density at radius 1 is 1.09 bits per heavy atom. The van der Waals surface area contributed by atoms with Gasteiger partial charge >= 0.3 is 0 Å². The minimum atomic E-state index is -3.61. The minimum absolute atomic E-state index is 0.220. The Morgan fingerprint density at radius 3 is 2.52 bits per heavy atom. The number of anilines is 2. The molecule has 3 heterocycles. The Balaban J connectivity index is 1.43. The van der Waals surface area contributed by atoms with Crippen LogP contribution in [0.15, 0.2) is 65.1 Å². The van der Waals surface area contributed by atoms with Gasteiger partial charge in [0.1, 0.15) is 17.3 Å². The summed E-state index contributed by atoms with van der Waals surface area (Å²) in [7, 11) is -0.341. The SMILES string of the molecule is COc1c(NC(=O)c2cc3cccc(O/C4=C/C=N\C(N5CCNCC5)=C/CCC4)c3n2C)cc(C(C)(C)C)cc1NS(C)(=O)=O. The van der Waals surface area contributed by atoms with E-state index in [1.165, 1.54) is 7.11 Å². The summed E-state index contributed by atoms with van der Waals surface area (Å²) in [4.78, 5) is 20.9. The van der Waals surface area contributed by atoms with Gasteiger partial charge in [-0.1, -0.05) is 32.9 Å². The molecule has 1 amide bonds. The molecule has 11 nitrogen and oxygen atoms in total. The van der Waals surface area contributed by atoms with E-state index in [9.17, 15) is 13.2 Å². The lowest BCUT2D eigenvalue weighted by molar-refractivity contribution is 0.101. The number of allylic oxidation sites excluding steroid dienone is 3. The van der Waals surface area contributed by atoms with E-state index in [1.54, 1.807) is 6.07 Å². The zero-order valence-corrected chi connectivity index (χ0v) is 28.3. The number of hydrogen-bond donors (Lipinski definition) is 3. The van der Waals surface area contributed by atoms with Crippen LogP contribution in [0.5, 0.6) is 11.5 Å². The van der Waals surface area contributed by atoms with Crippen LogP contribution < -0.4 is 24.8 Å². The molecule has 2 aromatic carbocycles. The van der Waals surface area contributed by atoms with Crippen molar-refractivity contribution in [1.29, 1.82) is 0 Å². The summed E-state index contributed by atoms with van der Waals surface area (Å²) >= 11 is 0. The fraction of sp³-hybridized carbons (Fsp3) is 0.412. The highest BCUT2D eigenvalue weighted by atomic mass is 32.2. The van der Waals surface area contributed by atoms with Crippen LogP contribution in [0.4, 0.5) is 11.4 Å². The van der Waals surface area contributed by atoms with Gasteiger partial charge in [-0.25, -0.2) is 13.4 Å². The number of sulfonamides is 1. The van der Waals surface area contributed by atoms with Crippen molar-refractivity contribution in [3.63, 3.8) is 0 Å². The Morgan fingerprint density at radius 2 is 1.83 bits per heavy atom. The predicted octanol–water partition coefficient (Wildman–Crippen LogP) is 5.37. The summed E-state index contributed by atoms with van der Waals surface area (Å²) in [6, 6.07) is 11.1. The lowest BCUT2D eigenvalue weighted by Gasteiger charge is -2.29. The third-order valence-corrected chi connectivity index (χ3v) is 8.65. The highest BCUT2D eigenvalue weighted by molar-refractivity contribution is 7.92. The largest absolute Gasteiger partial charge is 0.492 e. The normalized spacial score (nSPS) is 19.1. The molecule has 0 unspecified atom stereocenters. The summed E-state index contributed by atoms with van der Waals surface area (Å²) in [5, 5.41) is 7.20. The van der Waals surface area contributed by atoms with E-state index in [0.29, 0.717) is 17.1 Å². The van der Waals surface area contributed by atoms with Gasteiger partial charge in [-0.15, -0.1) is 0 Å². The molecule has 0 aliphatic carbocycles. The number of carbonyl (C=O) groups excluding carboxylic acids is 1. The lowest BCUT2D eigenvalue weighted by Crippen LogP contribution is -2.42. The predicted molar refractivity (Wildman–Crippen MR) is 185 cm³/mol. The Bertz CT molecular complexity index is 1810. The Labute approximate surface area is 271 Å². The number of hydrogen-bond acceptors (Lipinski definition) is 8. The molecule has 0 atom stereocenters. The van der Waals surface area contributed by atoms with Crippen molar-refractivity contribution in [3.05, 3.63) is 71.4 Å². The van der Waals surface area contributed by atoms with Crippen molar-refractivity contribution >= 4 is 44.4 Å². The number of aryl methyl sites for hydroxylation is 1. The number of benzene rings is 2. The number of fused-ring (bicyclic) bond motifs is 1. The molecule has 1 fully saturated rings. The smallest absolute Gasteiger partial charge is 0.272 e. The van der Waals surface area contributed by atoms with Gasteiger partial charge in [-0.05, 0) is 60.2 Å². The van der Waals surface area contributed by atoms with Gasteiger partial charge in [0, 0.05) is 51.2 Å². The number of para-hydroxylation sites is 1. The van der Waals surface area contributed by atoms with Gasteiger partial charge in [0.2, 0.25) is 10.0 Å². The van der Waals surface area contributed by atoms with Crippen LogP contribution in [-0.2, 0) is 22.5 Å². The van der Waals surface area contributed by atoms with Gasteiger partial charge in [-0.3, -0.25) is 9.52 Å². The second kappa shape index (κ2) is 13.6. The van der Waals surface area contributed by atoms with E-state index >= 15 is 0 Å². The third kappa shape index (κ3) is 7.73. The third-order valence-electron chi connectivity index (χ3n) is 8.06. The van der Waals surface area contributed by atoms with Crippen molar-refractivity contribution in [2.75, 3.05) is 49.6 Å². The average molecular weight is 649 g/mol. The number of rotatable bonds is 8. The standard InChI is InChI=1S/C34H44N6O5S/c1-34(2,3)24-21-26(32(44-5)27(22-24)38-46(6,42)43)37-33(41)28-20-23-10-9-12-29(31(23)39(28)4)45-25-11-7-8-13-30(36-15-14-25)40-18-16-35-17-19-40/h9-10,12-15,20-22,35,38H,7-8,11,16-19H2,1-6H3,(H,37,41)/b25-14+,30-13+,36-15-. The van der Waals surface area contributed by atoms with E-state index < -0.39 is 10.0 Å². The maximum Gasteiger partial charge on any atom is 0.272 e. The molecule has 46 heavy (non-hydrogen) atoms. The average Bonchev–Trinajstić information content (AvgIpc) is 3.39. The van der Waals surface area contributed by atoms with Gasteiger partial charge in [0.15, 0.2) is 11.5 Å². The van der Waals surface area contributed by atoms with Crippen molar-refractivity contribution in [3.8, 4) is 11.5 Å². The Kier molecular flexibility index (Phi) is 9.78. The zero-order valence-electron chi connectivity index (χ0n) is 27.4. The van der Waals surface area contributed by atoms with E-state index in [2.05, 4.69) is 26.3 Å². The maximum absolute atomic E-state index is 13.8. The van der Waals surface area contributed by atoms with Crippen LogP contribution in [0.1, 0.15) is 56.1 Å². The second-order valence-corrected chi connectivity index (χ2v) is 14.4. The van der Waals surface area contributed by atoms with E-state index in [1.807, 2.05) is 75.0 Å². The maximum atomic E-state index is 13.8. The van der Waals surface area contributed by atoms with Crippen molar-refractivity contribution < 1.29 is 22.7 Å². The number of methoxy groups -OCH3 is 1. The number of ether oxygens (including phenoxy) is 2. The number of aliphatic imine (C=N–C) groups is 1. The molecule has 0 bridgehead atoms. The number of nitrogens with zero attached hydrogens (tertiary/aromatic N) is 3. The zero-order chi connectivity index (χ0) is 33.1. The monoisotopic (exact) mass is 648 g/mol.